The zero-order valence-corrected chi connectivity index (χ0v) is 6.91. The van der Waals surface area contributed by atoms with Crippen molar-refractivity contribution in [1.29, 1.82) is 0 Å². The largest absolute Gasteiger partial charge is 0.472 e. The third-order valence-electron chi connectivity index (χ3n) is 1.34. The molecule has 3 heteroatoms. The first-order valence-electron chi connectivity index (χ1n) is 3.81. The van der Waals surface area contributed by atoms with E-state index in [1.807, 2.05) is 6.92 Å². The summed E-state index contributed by atoms with van der Waals surface area (Å²) in [5.74, 6) is -0.113. The Morgan fingerprint density at radius 2 is 2.42 bits per heavy atom. The Labute approximate surface area is 71.4 Å². The number of hydrogen-bond donors (Lipinski definition) is 1. The molecule has 0 unspecified atom stereocenters. The molecular weight excluding hydrogens is 154 g/mol. The van der Waals surface area contributed by atoms with Gasteiger partial charge in [-0.2, -0.15) is 0 Å². The second kappa shape index (κ2) is 4.38. The second-order valence-corrected chi connectivity index (χ2v) is 2.26. The summed E-state index contributed by atoms with van der Waals surface area (Å²) in [5, 5.41) is 2.68. The van der Waals surface area contributed by atoms with Gasteiger partial charge < -0.3 is 10.1 Å². The lowest BCUT2D eigenvalue weighted by molar-refractivity contribution is -0.117. The first kappa shape index (κ1) is 8.59. The number of allylic oxidation sites excluding steroid dienone is 2. The molecule has 0 fully saturated rings. The molecule has 0 spiro atoms. The average molecular weight is 165 g/mol. The number of carbonyl (C=O) groups excluding carboxylic acids is 1. The predicted molar refractivity (Wildman–Crippen MR) is 46.1 cm³/mol. The Bertz CT molecular complexity index is 251. The fourth-order valence-electron chi connectivity index (χ4n) is 0.794. The SMILES string of the molecule is CCNC(=O)C1=COC=CC=C1. The summed E-state index contributed by atoms with van der Waals surface area (Å²) in [6.07, 6.45) is 8.12. The van der Waals surface area contributed by atoms with Gasteiger partial charge in [-0.1, -0.05) is 6.08 Å². The molecule has 0 radical (unpaired) electrons. The van der Waals surface area contributed by atoms with Gasteiger partial charge in [0.15, 0.2) is 0 Å². The number of rotatable bonds is 2. The lowest BCUT2D eigenvalue weighted by atomic mass is 10.2. The van der Waals surface area contributed by atoms with E-state index >= 15 is 0 Å². The fourth-order valence-corrected chi connectivity index (χ4v) is 0.794. The van der Waals surface area contributed by atoms with Crippen molar-refractivity contribution in [3.8, 4) is 0 Å². The normalized spacial score (nSPS) is 14.6. The molecule has 12 heavy (non-hydrogen) atoms. The third-order valence-corrected chi connectivity index (χ3v) is 1.34. The monoisotopic (exact) mass is 165 g/mol. The Balaban J connectivity index is 2.62. The Kier molecular flexibility index (Phi) is 3.14. The van der Waals surface area contributed by atoms with E-state index in [-0.39, 0.29) is 5.91 Å². The van der Waals surface area contributed by atoms with Crippen LogP contribution in [0.2, 0.25) is 0 Å². The molecular formula is C9H11NO2. The van der Waals surface area contributed by atoms with Crippen LogP contribution in [0.25, 0.3) is 0 Å². The van der Waals surface area contributed by atoms with Crippen LogP contribution in [0.15, 0.2) is 36.3 Å². The third kappa shape index (κ3) is 2.27. The summed E-state index contributed by atoms with van der Waals surface area (Å²) in [6, 6.07) is 0. The van der Waals surface area contributed by atoms with E-state index < -0.39 is 0 Å². The van der Waals surface area contributed by atoms with Gasteiger partial charge in [0, 0.05) is 6.54 Å². The highest BCUT2D eigenvalue weighted by Gasteiger charge is 2.04. The minimum absolute atomic E-state index is 0.113. The van der Waals surface area contributed by atoms with Crippen LogP contribution < -0.4 is 5.32 Å². The highest BCUT2D eigenvalue weighted by molar-refractivity contribution is 5.95. The smallest absolute Gasteiger partial charge is 0.254 e. The Hall–Kier alpha value is -1.51. The minimum atomic E-state index is -0.113. The molecule has 0 saturated heterocycles. The zero-order valence-electron chi connectivity index (χ0n) is 6.91. The molecule has 0 aliphatic carbocycles. The summed E-state index contributed by atoms with van der Waals surface area (Å²) in [5.41, 5.74) is 0.529. The molecule has 1 aliphatic heterocycles. The van der Waals surface area contributed by atoms with Crippen LogP contribution in [0.4, 0.5) is 0 Å². The van der Waals surface area contributed by atoms with Gasteiger partial charge >= 0.3 is 0 Å². The van der Waals surface area contributed by atoms with Crippen molar-refractivity contribution < 1.29 is 9.53 Å². The van der Waals surface area contributed by atoms with E-state index in [2.05, 4.69) is 5.32 Å². The second-order valence-electron chi connectivity index (χ2n) is 2.26. The van der Waals surface area contributed by atoms with Crippen molar-refractivity contribution in [2.45, 2.75) is 6.92 Å². The van der Waals surface area contributed by atoms with Crippen LogP contribution >= 0.6 is 0 Å². The molecule has 64 valence electrons. The molecule has 1 rings (SSSR count). The highest BCUT2D eigenvalue weighted by atomic mass is 16.5. The van der Waals surface area contributed by atoms with Gasteiger partial charge in [0.25, 0.3) is 5.91 Å². The van der Waals surface area contributed by atoms with Crippen molar-refractivity contribution in [3.63, 3.8) is 0 Å². The van der Waals surface area contributed by atoms with Crippen molar-refractivity contribution >= 4 is 5.91 Å². The van der Waals surface area contributed by atoms with Gasteiger partial charge in [0.1, 0.15) is 6.26 Å². The molecule has 0 atom stereocenters. The van der Waals surface area contributed by atoms with E-state index in [4.69, 9.17) is 4.74 Å². The van der Waals surface area contributed by atoms with E-state index in [1.165, 1.54) is 12.5 Å². The van der Waals surface area contributed by atoms with E-state index in [1.54, 1.807) is 18.2 Å². The lowest BCUT2D eigenvalue weighted by Gasteiger charge is -2.00. The van der Waals surface area contributed by atoms with Gasteiger partial charge in [-0.3, -0.25) is 4.79 Å². The maximum atomic E-state index is 11.2. The number of ether oxygens (including phenoxy) is 1. The van der Waals surface area contributed by atoms with Crippen molar-refractivity contribution in [1.82, 2.24) is 5.32 Å². The first-order chi connectivity index (χ1) is 5.84. The van der Waals surface area contributed by atoms with Crippen molar-refractivity contribution in [2.24, 2.45) is 0 Å². The number of amides is 1. The fraction of sp³-hybridized carbons (Fsp3) is 0.222. The minimum Gasteiger partial charge on any atom is -0.472 e. The summed E-state index contributed by atoms with van der Waals surface area (Å²) in [4.78, 5) is 11.2. The van der Waals surface area contributed by atoms with Crippen LogP contribution in [0.3, 0.4) is 0 Å². The molecule has 1 N–H and O–H groups in total. The van der Waals surface area contributed by atoms with Crippen LogP contribution in [0.5, 0.6) is 0 Å². The number of hydrogen-bond acceptors (Lipinski definition) is 2. The zero-order chi connectivity index (χ0) is 8.81. The summed E-state index contributed by atoms with van der Waals surface area (Å²) in [7, 11) is 0. The Morgan fingerprint density at radius 1 is 1.58 bits per heavy atom. The molecule has 1 aliphatic rings. The van der Waals surface area contributed by atoms with E-state index in [9.17, 15) is 4.79 Å². The van der Waals surface area contributed by atoms with Crippen LogP contribution in [0.1, 0.15) is 6.92 Å². The topological polar surface area (TPSA) is 38.3 Å². The van der Waals surface area contributed by atoms with Gasteiger partial charge in [0.05, 0.1) is 11.8 Å². The van der Waals surface area contributed by atoms with Gasteiger partial charge in [-0.05, 0) is 19.1 Å². The summed E-state index contributed by atoms with van der Waals surface area (Å²) < 4.78 is 4.91. The number of carbonyl (C=O) groups is 1. The van der Waals surface area contributed by atoms with E-state index in [0.717, 1.165) is 0 Å². The molecule has 1 amide bonds. The number of likely N-dealkylation sites (N-methyl/N-ethyl adjacent to an activating group) is 1. The molecule has 1 heterocycles. The molecule has 0 aromatic carbocycles. The lowest BCUT2D eigenvalue weighted by Crippen LogP contribution is -2.23. The van der Waals surface area contributed by atoms with Gasteiger partial charge in [-0.25, -0.2) is 0 Å². The molecule has 0 aromatic heterocycles. The van der Waals surface area contributed by atoms with Crippen molar-refractivity contribution in [2.75, 3.05) is 6.54 Å². The van der Waals surface area contributed by atoms with Crippen molar-refractivity contribution in [3.05, 3.63) is 36.3 Å². The van der Waals surface area contributed by atoms with Crippen LogP contribution in [0, 0.1) is 0 Å². The average Bonchev–Trinajstić information content (AvgIpc) is 2.32. The highest BCUT2D eigenvalue weighted by Crippen LogP contribution is 2.02. The quantitative estimate of drug-likeness (QED) is 0.665. The van der Waals surface area contributed by atoms with Gasteiger partial charge in [0.2, 0.25) is 0 Å². The van der Waals surface area contributed by atoms with E-state index in [0.29, 0.717) is 12.1 Å². The Morgan fingerprint density at radius 3 is 3.17 bits per heavy atom. The van der Waals surface area contributed by atoms with Crippen LogP contribution in [-0.4, -0.2) is 12.5 Å². The predicted octanol–water partition coefficient (Wildman–Crippen LogP) is 1.11. The standard InChI is InChI=1S/C9H11NO2/c1-2-10-9(11)8-5-3-4-6-12-7-8/h3-7H,2H2,1H3,(H,10,11). The molecule has 0 bridgehead atoms. The van der Waals surface area contributed by atoms with Crippen LogP contribution in [-0.2, 0) is 9.53 Å². The summed E-state index contributed by atoms with van der Waals surface area (Å²) >= 11 is 0. The van der Waals surface area contributed by atoms with Gasteiger partial charge in [-0.15, -0.1) is 0 Å². The molecule has 0 saturated carbocycles. The number of nitrogens with one attached hydrogen (secondary N) is 1. The maximum absolute atomic E-state index is 11.2. The molecule has 0 aromatic rings. The first-order valence-corrected chi connectivity index (χ1v) is 3.81. The maximum Gasteiger partial charge on any atom is 0.254 e. The molecule has 3 nitrogen and oxygen atoms in total. The summed E-state index contributed by atoms with van der Waals surface area (Å²) in [6.45, 7) is 2.50.